The fourth-order valence-electron chi connectivity index (χ4n) is 2.12. The molecule has 2 heterocycles. The molecular formula is C14H13N3O. The Morgan fingerprint density at radius 2 is 1.89 bits per heavy atom. The highest BCUT2D eigenvalue weighted by Gasteiger charge is 2.13. The van der Waals surface area contributed by atoms with Gasteiger partial charge in [-0.15, -0.1) is 0 Å². The van der Waals surface area contributed by atoms with E-state index in [-0.39, 0.29) is 6.04 Å². The Bertz CT molecular complexity index is 649. The van der Waals surface area contributed by atoms with E-state index in [1.165, 1.54) is 0 Å². The van der Waals surface area contributed by atoms with E-state index in [0.29, 0.717) is 0 Å². The molecule has 0 saturated heterocycles. The van der Waals surface area contributed by atoms with Crippen molar-refractivity contribution in [3.8, 4) is 0 Å². The van der Waals surface area contributed by atoms with E-state index in [2.05, 4.69) is 27.4 Å². The first-order valence-electron chi connectivity index (χ1n) is 5.78. The van der Waals surface area contributed by atoms with Gasteiger partial charge in [-0.2, -0.15) is 0 Å². The Kier molecular flexibility index (Phi) is 2.78. The van der Waals surface area contributed by atoms with Gasteiger partial charge in [0, 0.05) is 18.0 Å². The summed E-state index contributed by atoms with van der Waals surface area (Å²) < 4.78 is 5.14. The van der Waals surface area contributed by atoms with E-state index >= 15 is 0 Å². The van der Waals surface area contributed by atoms with Crippen LogP contribution in [0.4, 0.5) is 0 Å². The van der Waals surface area contributed by atoms with Crippen LogP contribution in [0.15, 0.2) is 53.6 Å². The van der Waals surface area contributed by atoms with Gasteiger partial charge in [-0.25, -0.2) is 0 Å². The zero-order valence-electron chi connectivity index (χ0n) is 10.00. The number of benzene rings is 1. The number of hydrogen-bond acceptors (Lipinski definition) is 4. The molecule has 0 bridgehead atoms. The monoisotopic (exact) mass is 239 g/mol. The van der Waals surface area contributed by atoms with Crippen molar-refractivity contribution in [1.82, 2.24) is 15.3 Å². The maximum absolute atomic E-state index is 5.14. The molecular weight excluding hydrogens is 226 g/mol. The van der Waals surface area contributed by atoms with Crippen LogP contribution in [-0.4, -0.2) is 17.0 Å². The van der Waals surface area contributed by atoms with Crippen molar-refractivity contribution in [3.63, 3.8) is 0 Å². The number of aromatic nitrogens is 2. The third-order valence-electron chi connectivity index (χ3n) is 2.99. The topological polar surface area (TPSA) is 51.0 Å². The van der Waals surface area contributed by atoms with Gasteiger partial charge >= 0.3 is 0 Å². The number of hydrogen-bond donors (Lipinski definition) is 1. The lowest BCUT2D eigenvalue weighted by molar-refractivity contribution is 0.557. The second-order valence-corrected chi connectivity index (χ2v) is 4.08. The average molecular weight is 239 g/mol. The number of nitrogens with zero attached hydrogens (tertiary/aromatic N) is 2. The molecule has 0 aliphatic rings. The van der Waals surface area contributed by atoms with Gasteiger partial charge < -0.3 is 9.73 Å². The summed E-state index contributed by atoms with van der Waals surface area (Å²) in [5.41, 5.74) is 4.05. The Morgan fingerprint density at radius 3 is 2.61 bits per heavy atom. The number of nitrogens with one attached hydrogen (secondary N) is 1. The van der Waals surface area contributed by atoms with Crippen LogP contribution in [-0.2, 0) is 0 Å². The second kappa shape index (κ2) is 4.58. The molecule has 4 heteroatoms. The largest absolute Gasteiger partial charge is 0.472 e. The fraction of sp³-hybridized carbons (Fsp3) is 0.143. The lowest BCUT2D eigenvalue weighted by Gasteiger charge is -2.15. The highest BCUT2D eigenvalue weighted by atomic mass is 16.3. The van der Waals surface area contributed by atoms with E-state index in [4.69, 9.17) is 4.42 Å². The molecule has 1 atom stereocenters. The van der Waals surface area contributed by atoms with Gasteiger partial charge in [-0.3, -0.25) is 9.97 Å². The van der Waals surface area contributed by atoms with Crippen molar-refractivity contribution in [3.05, 3.63) is 60.3 Å². The molecule has 0 amide bonds. The summed E-state index contributed by atoms with van der Waals surface area (Å²) in [6.45, 7) is 0. The molecule has 3 aromatic rings. The van der Waals surface area contributed by atoms with Crippen molar-refractivity contribution >= 4 is 11.0 Å². The van der Waals surface area contributed by atoms with Gasteiger partial charge in [0.2, 0.25) is 0 Å². The van der Waals surface area contributed by atoms with Crippen LogP contribution < -0.4 is 5.32 Å². The standard InChI is InChI=1S/C14H13N3O/c1-15-14(11-4-7-18-9-11)10-2-3-12-13(8-10)17-6-5-16-12/h2-9,14-15H,1H3. The van der Waals surface area contributed by atoms with Crippen molar-refractivity contribution < 1.29 is 4.42 Å². The van der Waals surface area contributed by atoms with Crippen LogP contribution >= 0.6 is 0 Å². The maximum Gasteiger partial charge on any atom is 0.0953 e. The molecule has 0 aliphatic carbocycles. The van der Waals surface area contributed by atoms with Crippen LogP contribution in [0.1, 0.15) is 17.2 Å². The van der Waals surface area contributed by atoms with Crippen LogP contribution in [0.3, 0.4) is 0 Å². The summed E-state index contributed by atoms with van der Waals surface area (Å²) in [4.78, 5) is 8.59. The minimum absolute atomic E-state index is 0.107. The Morgan fingerprint density at radius 1 is 1.06 bits per heavy atom. The Hall–Kier alpha value is -2.20. The molecule has 0 saturated carbocycles. The molecule has 90 valence electrons. The molecule has 0 aliphatic heterocycles. The van der Waals surface area contributed by atoms with Gasteiger partial charge in [-0.1, -0.05) is 6.07 Å². The number of fused-ring (bicyclic) bond motifs is 1. The van der Waals surface area contributed by atoms with Crippen molar-refractivity contribution in [1.29, 1.82) is 0 Å². The average Bonchev–Trinajstić information content (AvgIpc) is 2.93. The molecule has 0 fully saturated rings. The third kappa shape index (κ3) is 1.87. The Labute approximate surface area is 105 Å². The van der Waals surface area contributed by atoms with Crippen LogP contribution in [0.25, 0.3) is 11.0 Å². The predicted octanol–water partition coefficient (Wildman–Crippen LogP) is 2.53. The Balaban J connectivity index is 2.07. The van der Waals surface area contributed by atoms with Crippen LogP contribution in [0.5, 0.6) is 0 Å². The second-order valence-electron chi connectivity index (χ2n) is 4.08. The summed E-state index contributed by atoms with van der Waals surface area (Å²) in [5.74, 6) is 0. The van der Waals surface area contributed by atoms with E-state index in [9.17, 15) is 0 Å². The molecule has 1 aromatic carbocycles. The molecule has 2 aromatic heterocycles. The first kappa shape index (κ1) is 10.9. The van der Waals surface area contributed by atoms with Gasteiger partial charge in [0.15, 0.2) is 0 Å². The number of furan rings is 1. The van der Waals surface area contributed by atoms with E-state index < -0.39 is 0 Å². The molecule has 0 spiro atoms. The molecule has 18 heavy (non-hydrogen) atoms. The summed E-state index contributed by atoms with van der Waals surface area (Å²) in [5, 5.41) is 3.28. The molecule has 1 unspecified atom stereocenters. The maximum atomic E-state index is 5.14. The minimum Gasteiger partial charge on any atom is -0.472 e. The van der Waals surface area contributed by atoms with Gasteiger partial charge in [-0.05, 0) is 30.8 Å². The predicted molar refractivity (Wildman–Crippen MR) is 69.1 cm³/mol. The highest BCUT2D eigenvalue weighted by molar-refractivity contribution is 5.74. The first-order chi connectivity index (χ1) is 8.88. The van der Waals surface area contributed by atoms with Crippen LogP contribution in [0, 0.1) is 0 Å². The third-order valence-corrected chi connectivity index (χ3v) is 2.99. The van der Waals surface area contributed by atoms with Crippen molar-refractivity contribution in [2.45, 2.75) is 6.04 Å². The number of rotatable bonds is 3. The van der Waals surface area contributed by atoms with Crippen molar-refractivity contribution in [2.75, 3.05) is 7.05 Å². The first-order valence-corrected chi connectivity index (χ1v) is 5.78. The minimum atomic E-state index is 0.107. The molecule has 1 N–H and O–H groups in total. The van der Waals surface area contributed by atoms with Gasteiger partial charge in [0.05, 0.1) is 29.6 Å². The van der Waals surface area contributed by atoms with E-state index in [1.54, 1.807) is 24.9 Å². The zero-order valence-corrected chi connectivity index (χ0v) is 10.00. The summed E-state index contributed by atoms with van der Waals surface area (Å²) >= 11 is 0. The smallest absolute Gasteiger partial charge is 0.0953 e. The zero-order chi connectivity index (χ0) is 12.4. The molecule has 3 rings (SSSR count). The highest BCUT2D eigenvalue weighted by Crippen LogP contribution is 2.24. The molecule has 4 nitrogen and oxygen atoms in total. The van der Waals surface area contributed by atoms with E-state index in [1.807, 2.05) is 19.2 Å². The lowest BCUT2D eigenvalue weighted by atomic mass is 10.0. The SMILES string of the molecule is CNC(c1ccoc1)c1ccc2nccnc2c1. The van der Waals surface area contributed by atoms with Gasteiger partial charge in [0.25, 0.3) is 0 Å². The summed E-state index contributed by atoms with van der Waals surface area (Å²) in [6.07, 6.45) is 6.84. The quantitative estimate of drug-likeness (QED) is 0.763. The fourth-order valence-corrected chi connectivity index (χ4v) is 2.12. The van der Waals surface area contributed by atoms with Crippen molar-refractivity contribution in [2.24, 2.45) is 0 Å². The summed E-state index contributed by atoms with van der Waals surface area (Å²) in [7, 11) is 1.93. The van der Waals surface area contributed by atoms with Crippen LogP contribution in [0.2, 0.25) is 0 Å². The van der Waals surface area contributed by atoms with Gasteiger partial charge in [0.1, 0.15) is 0 Å². The van der Waals surface area contributed by atoms with E-state index in [0.717, 1.165) is 22.2 Å². The summed E-state index contributed by atoms with van der Waals surface area (Å²) in [6, 6.07) is 8.17. The normalized spacial score (nSPS) is 12.7. The molecule has 0 radical (unpaired) electrons. The lowest BCUT2D eigenvalue weighted by Crippen LogP contribution is -2.16.